The smallest absolute Gasteiger partial charge is 0.0368 e. The van der Waals surface area contributed by atoms with Gasteiger partial charge in [-0.15, -0.1) is 23.2 Å². The van der Waals surface area contributed by atoms with Gasteiger partial charge in [-0.3, -0.25) is 0 Å². The maximum atomic E-state index is 9.29. The maximum Gasteiger partial charge on any atom is 0.0368 e. The lowest BCUT2D eigenvalue weighted by Gasteiger charge is -2.12. The summed E-state index contributed by atoms with van der Waals surface area (Å²) < 4.78 is 0. The van der Waals surface area contributed by atoms with E-state index in [4.69, 9.17) is 23.2 Å². The van der Waals surface area contributed by atoms with E-state index in [0.717, 1.165) is 0 Å². The van der Waals surface area contributed by atoms with Gasteiger partial charge in [-0.05, 0) is 13.8 Å². The van der Waals surface area contributed by atoms with E-state index in [9.17, 15) is 4.89 Å². The molecule has 0 bridgehead atoms. The predicted molar refractivity (Wildman–Crippen MR) is 49.5 cm³/mol. The van der Waals surface area contributed by atoms with Crippen LogP contribution < -0.4 is 0 Å². The van der Waals surface area contributed by atoms with Crippen molar-refractivity contribution in [3.8, 4) is 0 Å². The Morgan fingerprint density at radius 1 is 1.20 bits per heavy atom. The topological polar surface area (TPSA) is 20.2 Å². The Labute approximate surface area is 73.6 Å². The first-order chi connectivity index (χ1) is 4.52. The van der Waals surface area contributed by atoms with Crippen molar-refractivity contribution >= 4 is 31.4 Å². The molecule has 0 aliphatic heterocycles. The average Bonchev–Trinajstić information content (AvgIpc) is 1.58. The van der Waals surface area contributed by atoms with E-state index < -0.39 is 8.15 Å². The number of hydrogen-bond donors (Lipinski definition) is 1. The third kappa shape index (κ3) is 7.08. The van der Waals surface area contributed by atoms with Crippen LogP contribution in [0.3, 0.4) is 0 Å². The van der Waals surface area contributed by atoms with E-state index in [0.29, 0.717) is 12.3 Å². The highest BCUT2D eigenvalue weighted by atomic mass is 35.5. The predicted octanol–water partition coefficient (Wildman–Crippen LogP) is 2.63. The van der Waals surface area contributed by atoms with Gasteiger partial charge in [0.05, 0.1) is 0 Å². The highest BCUT2D eigenvalue weighted by Gasteiger charge is 2.10. The monoisotopic (exact) mass is 202 g/mol. The Kier molecular flexibility index (Phi) is 6.14. The molecule has 0 saturated carbocycles. The summed E-state index contributed by atoms with van der Waals surface area (Å²) in [5.41, 5.74) is 0. The van der Waals surface area contributed by atoms with Gasteiger partial charge >= 0.3 is 0 Å². The molecule has 0 saturated heterocycles. The zero-order valence-electron chi connectivity index (χ0n) is 6.22. The summed E-state index contributed by atoms with van der Waals surface area (Å²) in [5.74, 6) is 0. The molecule has 62 valence electrons. The van der Waals surface area contributed by atoms with Crippen LogP contribution in [0.4, 0.5) is 0 Å². The Morgan fingerprint density at radius 2 is 1.50 bits per heavy atom. The van der Waals surface area contributed by atoms with Gasteiger partial charge < -0.3 is 4.89 Å². The van der Waals surface area contributed by atoms with Gasteiger partial charge in [0.1, 0.15) is 0 Å². The molecule has 2 unspecified atom stereocenters. The summed E-state index contributed by atoms with van der Waals surface area (Å²) in [7, 11) is -0.923. The van der Waals surface area contributed by atoms with Crippen molar-refractivity contribution < 1.29 is 4.89 Å². The number of hydrogen-bond acceptors (Lipinski definition) is 1. The Morgan fingerprint density at radius 3 is 1.70 bits per heavy atom. The Hall–Kier alpha value is 0.970. The summed E-state index contributed by atoms with van der Waals surface area (Å²) in [6.45, 7) is 3.76. The number of rotatable bonds is 4. The fraction of sp³-hybridized carbons (Fsp3) is 1.00. The summed E-state index contributed by atoms with van der Waals surface area (Å²) in [5, 5.41) is 0.123. The summed E-state index contributed by atoms with van der Waals surface area (Å²) >= 11 is 11.3. The highest BCUT2D eigenvalue weighted by Crippen LogP contribution is 2.33. The summed E-state index contributed by atoms with van der Waals surface area (Å²) in [6, 6.07) is 0. The highest BCUT2D eigenvalue weighted by molar-refractivity contribution is 7.51. The normalized spacial score (nSPS) is 20.1. The molecule has 0 fully saturated rings. The first-order valence-electron chi connectivity index (χ1n) is 3.24. The van der Waals surface area contributed by atoms with Gasteiger partial charge in [0, 0.05) is 31.2 Å². The van der Waals surface area contributed by atoms with Gasteiger partial charge in [-0.2, -0.15) is 0 Å². The van der Waals surface area contributed by atoms with E-state index in [2.05, 4.69) is 0 Å². The number of halogens is 2. The van der Waals surface area contributed by atoms with Crippen LogP contribution in [0.2, 0.25) is 0 Å². The van der Waals surface area contributed by atoms with Crippen molar-refractivity contribution in [3.63, 3.8) is 0 Å². The van der Waals surface area contributed by atoms with Crippen LogP contribution in [0.5, 0.6) is 0 Å². The van der Waals surface area contributed by atoms with Gasteiger partial charge in [-0.1, -0.05) is 0 Å². The van der Waals surface area contributed by atoms with Crippen molar-refractivity contribution in [2.75, 3.05) is 12.3 Å². The minimum atomic E-state index is -0.923. The second-order valence-electron chi connectivity index (χ2n) is 2.43. The molecule has 0 spiro atoms. The van der Waals surface area contributed by atoms with E-state index in [-0.39, 0.29) is 10.8 Å². The average molecular weight is 203 g/mol. The molecule has 0 aliphatic carbocycles. The maximum absolute atomic E-state index is 9.29. The molecule has 1 nitrogen and oxygen atoms in total. The minimum Gasteiger partial charge on any atom is -0.374 e. The molecule has 0 aromatic heterocycles. The Bertz CT molecular complexity index is 77.8. The van der Waals surface area contributed by atoms with Gasteiger partial charge in [-0.25, -0.2) is 0 Å². The van der Waals surface area contributed by atoms with Crippen LogP contribution in [0.15, 0.2) is 0 Å². The quantitative estimate of drug-likeness (QED) is 0.550. The first kappa shape index (κ1) is 11.0. The van der Waals surface area contributed by atoms with Crippen molar-refractivity contribution in [1.82, 2.24) is 0 Å². The Balaban J connectivity index is 3.34. The van der Waals surface area contributed by atoms with Gasteiger partial charge in [0.25, 0.3) is 0 Å². The minimum absolute atomic E-state index is 0.0616. The van der Waals surface area contributed by atoms with E-state index in [1.54, 1.807) is 0 Å². The molecular formula is C6H13Cl2OP. The summed E-state index contributed by atoms with van der Waals surface area (Å²) in [4.78, 5) is 9.29. The van der Waals surface area contributed by atoms with Crippen molar-refractivity contribution in [3.05, 3.63) is 0 Å². The van der Waals surface area contributed by atoms with Crippen molar-refractivity contribution in [2.45, 2.75) is 24.6 Å². The van der Waals surface area contributed by atoms with E-state index >= 15 is 0 Å². The van der Waals surface area contributed by atoms with Crippen LogP contribution in [0, 0.1) is 0 Å². The SMILES string of the molecule is CC(Cl)CP(O)CC(C)Cl. The van der Waals surface area contributed by atoms with Crippen LogP contribution >= 0.6 is 31.4 Å². The fourth-order valence-electron chi connectivity index (χ4n) is 0.655. The molecule has 0 aromatic rings. The second kappa shape index (κ2) is 5.60. The van der Waals surface area contributed by atoms with E-state index in [1.807, 2.05) is 13.8 Å². The summed E-state index contributed by atoms with van der Waals surface area (Å²) in [6.07, 6.45) is 1.38. The van der Waals surface area contributed by atoms with Crippen molar-refractivity contribution in [2.24, 2.45) is 0 Å². The third-order valence-corrected chi connectivity index (χ3v) is 3.60. The molecule has 0 aliphatic rings. The molecule has 0 amide bonds. The second-order valence-corrected chi connectivity index (χ2v) is 5.67. The van der Waals surface area contributed by atoms with Gasteiger partial charge in [0.2, 0.25) is 0 Å². The molecule has 2 atom stereocenters. The fourth-order valence-corrected chi connectivity index (χ4v) is 2.92. The lowest BCUT2D eigenvalue weighted by Crippen LogP contribution is -2.04. The molecule has 1 N–H and O–H groups in total. The zero-order chi connectivity index (χ0) is 8.15. The van der Waals surface area contributed by atoms with Crippen LogP contribution in [0.1, 0.15) is 13.8 Å². The van der Waals surface area contributed by atoms with E-state index in [1.165, 1.54) is 0 Å². The molecule has 0 rings (SSSR count). The molecule has 4 heteroatoms. The van der Waals surface area contributed by atoms with Crippen molar-refractivity contribution in [1.29, 1.82) is 0 Å². The number of alkyl halides is 2. The van der Waals surface area contributed by atoms with Gasteiger partial charge in [0.15, 0.2) is 0 Å². The molecular weight excluding hydrogens is 190 g/mol. The molecule has 0 radical (unpaired) electrons. The molecule has 0 aromatic carbocycles. The van der Waals surface area contributed by atoms with Crippen LogP contribution in [-0.2, 0) is 0 Å². The lowest BCUT2D eigenvalue weighted by atomic mass is 10.6. The largest absolute Gasteiger partial charge is 0.374 e. The lowest BCUT2D eigenvalue weighted by molar-refractivity contribution is 0.620. The zero-order valence-corrected chi connectivity index (χ0v) is 8.63. The van der Waals surface area contributed by atoms with Crippen LogP contribution in [0.25, 0.3) is 0 Å². The van der Waals surface area contributed by atoms with Crippen LogP contribution in [-0.4, -0.2) is 28.0 Å². The standard InChI is InChI=1S/C6H13Cl2OP/c1-5(7)3-10(9)4-6(2)8/h5-6,9H,3-4H2,1-2H3. The first-order valence-corrected chi connectivity index (χ1v) is 5.78. The molecule has 0 heterocycles. The third-order valence-electron chi connectivity index (χ3n) is 0.925. The molecule has 10 heavy (non-hydrogen) atoms.